The molecule has 6 nitrogen and oxygen atoms in total. The molecule has 4 rings (SSSR count). The van der Waals surface area contributed by atoms with Crippen LogP contribution in [0.3, 0.4) is 0 Å². The van der Waals surface area contributed by atoms with E-state index in [-0.39, 0.29) is 10.7 Å². The Morgan fingerprint density at radius 2 is 1.77 bits per heavy atom. The van der Waals surface area contributed by atoms with Crippen molar-refractivity contribution in [1.29, 1.82) is 0 Å². The number of nitrogens with zero attached hydrogens (tertiary/aromatic N) is 2. The van der Waals surface area contributed by atoms with Gasteiger partial charge in [-0.3, -0.25) is 19.8 Å². The molecule has 2 aliphatic heterocycles. The van der Waals surface area contributed by atoms with Crippen molar-refractivity contribution >= 4 is 46.8 Å². The first-order chi connectivity index (χ1) is 12.6. The summed E-state index contributed by atoms with van der Waals surface area (Å²) in [6, 6.07) is 12.6. The molecule has 0 bridgehead atoms. The minimum atomic E-state index is -0.522. The minimum Gasteiger partial charge on any atom is -0.441 e. The molecule has 7 heteroatoms. The van der Waals surface area contributed by atoms with Gasteiger partial charge in [0.2, 0.25) is 0 Å². The lowest BCUT2D eigenvalue weighted by atomic mass is 10.1. The molecule has 0 saturated carbocycles. The van der Waals surface area contributed by atoms with E-state index in [1.54, 1.807) is 30.3 Å². The molecule has 0 unspecified atom stereocenters. The Bertz CT molecular complexity index is 898. The van der Waals surface area contributed by atoms with Crippen molar-refractivity contribution in [2.45, 2.75) is 12.8 Å². The van der Waals surface area contributed by atoms with Gasteiger partial charge < -0.3 is 9.32 Å². The third kappa shape index (κ3) is 3.01. The molecule has 1 aromatic carbocycles. The van der Waals surface area contributed by atoms with Gasteiger partial charge in [-0.1, -0.05) is 18.2 Å². The molecule has 132 valence electrons. The molecular weight excluding hydrogens is 350 g/mol. The Labute approximate surface area is 156 Å². The highest BCUT2D eigenvalue weighted by Crippen LogP contribution is 2.26. The molecule has 0 radical (unpaired) electrons. The zero-order valence-corrected chi connectivity index (χ0v) is 14.8. The van der Waals surface area contributed by atoms with Crippen LogP contribution in [0, 0.1) is 0 Å². The van der Waals surface area contributed by atoms with Crippen molar-refractivity contribution < 1.29 is 14.0 Å². The predicted molar refractivity (Wildman–Crippen MR) is 103 cm³/mol. The summed E-state index contributed by atoms with van der Waals surface area (Å²) in [5.41, 5.74) is 0.593. The summed E-state index contributed by atoms with van der Waals surface area (Å²) >= 11 is 5.17. The third-order valence-corrected chi connectivity index (χ3v) is 4.72. The van der Waals surface area contributed by atoms with E-state index in [0.717, 1.165) is 31.8 Å². The number of carbonyl (C=O) groups excluding carboxylic acids is 2. The van der Waals surface area contributed by atoms with E-state index in [2.05, 4.69) is 10.2 Å². The van der Waals surface area contributed by atoms with Gasteiger partial charge in [0.15, 0.2) is 11.0 Å². The van der Waals surface area contributed by atoms with Crippen molar-refractivity contribution in [3.05, 3.63) is 53.8 Å². The topological polar surface area (TPSA) is 65.8 Å². The number of nitrogens with one attached hydrogen (secondary N) is 1. The smallest absolute Gasteiger partial charge is 0.270 e. The number of furan rings is 1. The van der Waals surface area contributed by atoms with Crippen molar-refractivity contribution in [1.82, 2.24) is 5.32 Å². The van der Waals surface area contributed by atoms with Crippen LogP contribution in [0.25, 0.3) is 6.08 Å². The number of anilines is 2. The lowest BCUT2D eigenvalue weighted by Crippen LogP contribution is -2.54. The number of carbonyl (C=O) groups is 2. The van der Waals surface area contributed by atoms with Gasteiger partial charge in [0, 0.05) is 19.2 Å². The third-order valence-electron chi connectivity index (χ3n) is 4.43. The van der Waals surface area contributed by atoms with Crippen LogP contribution in [-0.2, 0) is 9.59 Å². The summed E-state index contributed by atoms with van der Waals surface area (Å²) in [6.45, 7) is 1.91. The van der Waals surface area contributed by atoms with Crippen LogP contribution in [-0.4, -0.2) is 30.0 Å². The largest absolute Gasteiger partial charge is 0.441 e. The van der Waals surface area contributed by atoms with E-state index < -0.39 is 11.8 Å². The molecule has 3 heterocycles. The average molecular weight is 367 g/mol. The molecule has 1 aromatic heterocycles. The highest BCUT2D eigenvalue weighted by atomic mass is 32.1. The maximum atomic E-state index is 12.9. The van der Waals surface area contributed by atoms with Gasteiger partial charge in [0.05, 0.1) is 5.69 Å². The summed E-state index contributed by atoms with van der Waals surface area (Å²) in [4.78, 5) is 28.6. The highest BCUT2D eigenvalue weighted by Gasteiger charge is 2.34. The van der Waals surface area contributed by atoms with Crippen LogP contribution in [0.1, 0.15) is 18.6 Å². The first kappa shape index (κ1) is 16.5. The normalized spacial score (nSPS) is 19.4. The van der Waals surface area contributed by atoms with E-state index in [1.165, 1.54) is 11.0 Å². The molecule has 26 heavy (non-hydrogen) atoms. The highest BCUT2D eigenvalue weighted by molar-refractivity contribution is 7.80. The molecule has 2 saturated heterocycles. The van der Waals surface area contributed by atoms with Gasteiger partial charge in [-0.25, -0.2) is 0 Å². The number of hydrogen-bond acceptors (Lipinski definition) is 5. The first-order valence-corrected chi connectivity index (χ1v) is 8.85. The molecule has 2 amide bonds. The summed E-state index contributed by atoms with van der Waals surface area (Å²) in [5.74, 6) is 0.232. The van der Waals surface area contributed by atoms with E-state index in [4.69, 9.17) is 16.6 Å². The second-order valence-corrected chi connectivity index (χ2v) is 6.55. The van der Waals surface area contributed by atoms with Crippen LogP contribution in [0.15, 0.2) is 52.5 Å². The molecule has 1 N–H and O–H groups in total. The van der Waals surface area contributed by atoms with E-state index >= 15 is 0 Å². The summed E-state index contributed by atoms with van der Waals surface area (Å²) in [5, 5.41) is 2.64. The number of amides is 2. The second kappa shape index (κ2) is 6.76. The lowest BCUT2D eigenvalue weighted by molar-refractivity contribution is -0.122. The number of para-hydroxylation sites is 1. The zero-order valence-electron chi connectivity index (χ0n) is 14.0. The van der Waals surface area contributed by atoms with Gasteiger partial charge >= 0.3 is 0 Å². The number of hydrogen-bond donors (Lipinski definition) is 1. The Hall–Kier alpha value is -2.93. The van der Waals surface area contributed by atoms with Crippen LogP contribution in [0.2, 0.25) is 0 Å². The van der Waals surface area contributed by atoms with E-state index in [1.807, 2.05) is 12.1 Å². The quantitative estimate of drug-likeness (QED) is 0.513. The van der Waals surface area contributed by atoms with Gasteiger partial charge in [-0.2, -0.15) is 0 Å². The maximum absolute atomic E-state index is 12.9. The van der Waals surface area contributed by atoms with Crippen LogP contribution in [0.5, 0.6) is 0 Å². The van der Waals surface area contributed by atoms with E-state index in [9.17, 15) is 9.59 Å². The van der Waals surface area contributed by atoms with Crippen molar-refractivity contribution in [2.24, 2.45) is 0 Å². The molecule has 0 spiro atoms. The predicted octanol–water partition coefficient (Wildman–Crippen LogP) is 2.71. The molecule has 2 fully saturated rings. The van der Waals surface area contributed by atoms with Crippen LogP contribution >= 0.6 is 12.2 Å². The van der Waals surface area contributed by atoms with Gasteiger partial charge in [-0.05, 0) is 49.3 Å². The van der Waals surface area contributed by atoms with Gasteiger partial charge in [0.25, 0.3) is 11.8 Å². The second-order valence-electron chi connectivity index (χ2n) is 6.16. The van der Waals surface area contributed by atoms with Crippen molar-refractivity contribution in [3.63, 3.8) is 0 Å². The Morgan fingerprint density at radius 3 is 2.50 bits per heavy atom. The standard InChI is InChI=1S/C19H17N3O3S/c23-17-15(12-14-8-9-16(25-14)21-10-4-5-11-21)18(24)22(19(26)20-17)13-6-2-1-3-7-13/h1-3,6-9,12H,4-5,10-11H2,(H,20,23,26)/b15-12+. The Kier molecular flexibility index (Phi) is 4.30. The fourth-order valence-corrected chi connectivity index (χ4v) is 3.42. The maximum Gasteiger partial charge on any atom is 0.270 e. The van der Waals surface area contributed by atoms with Gasteiger partial charge in [-0.15, -0.1) is 0 Å². The number of thiocarbonyl (C=S) groups is 1. The summed E-state index contributed by atoms with van der Waals surface area (Å²) < 4.78 is 5.80. The summed E-state index contributed by atoms with van der Waals surface area (Å²) in [7, 11) is 0. The van der Waals surface area contributed by atoms with E-state index in [0.29, 0.717) is 11.4 Å². The van der Waals surface area contributed by atoms with Crippen molar-refractivity contribution in [3.8, 4) is 0 Å². The van der Waals surface area contributed by atoms with Gasteiger partial charge in [0.1, 0.15) is 11.3 Å². The zero-order chi connectivity index (χ0) is 18.1. The van der Waals surface area contributed by atoms with Crippen molar-refractivity contribution in [2.75, 3.05) is 22.9 Å². The first-order valence-electron chi connectivity index (χ1n) is 8.45. The minimum absolute atomic E-state index is 0.00947. The number of rotatable bonds is 3. The van der Waals surface area contributed by atoms with Crippen LogP contribution < -0.4 is 15.1 Å². The lowest BCUT2D eigenvalue weighted by Gasteiger charge is -2.28. The molecule has 0 atom stereocenters. The monoisotopic (exact) mass is 367 g/mol. The summed E-state index contributed by atoms with van der Waals surface area (Å²) in [6.07, 6.45) is 3.75. The molecule has 2 aliphatic rings. The Balaban J connectivity index is 1.64. The molecule has 0 aliphatic carbocycles. The number of benzene rings is 1. The molecule has 2 aromatic rings. The fraction of sp³-hybridized carbons (Fsp3) is 0.211. The molecular formula is C19H17N3O3S. The SMILES string of the molecule is O=C1NC(=S)N(c2ccccc2)C(=O)/C1=C/c1ccc(N2CCCC2)o1. The Morgan fingerprint density at radius 1 is 1.04 bits per heavy atom. The fourth-order valence-electron chi connectivity index (χ4n) is 3.14. The van der Waals surface area contributed by atoms with Crippen LogP contribution in [0.4, 0.5) is 11.6 Å². The average Bonchev–Trinajstić information content (AvgIpc) is 3.31.